The summed E-state index contributed by atoms with van der Waals surface area (Å²) in [5, 5.41) is 11.4. The number of aromatic amines is 2. The number of aromatic hydroxyl groups is 1. The zero-order valence-corrected chi connectivity index (χ0v) is 14.3. The van der Waals surface area contributed by atoms with Crippen LogP contribution < -0.4 is 5.56 Å². The molecule has 3 N–H and O–H groups in total. The first kappa shape index (κ1) is 15.1. The maximum absolute atomic E-state index is 12.4. The van der Waals surface area contributed by atoms with Crippen LogP contribution in [0.2, 0.25) is 4.34 Å². The number of aromatic nitrogens is 2. The number of aryl methyl sites for hydroxylation is 1. The molecule has 0 atom stereocenters. The lowest BCUT2D eigenvalue weighted by atomic mass is 10.0. The minimum atomic E-state index is -0.348. The topological polar surface area (TPSA) is 68.9 Å². The lowest BCUT2D eigenvalue weighted by molar-refractivity contribution is 0.482. The molecule has 0 aliphatic carbocycles. The van der Waals surface area contributed by atoms with Crippen molar-refractivity contribution in [2.45, 2.75) is 6.92 Å². The Morgan fingerprint density at radius 3 is 2.58 bits per heavy atom. The number of thiophene rings is 1. The third kappa shape index (κ3) is 2.25. The van der Waals surface area contributed by atoms with Gasteiger partial charge in [0.2, 0.25) is 0 Å². The minimum Gasteiger partial charge on any atom is -0.506 e. The third-order valence-electron chi connectivity index (χ3n) is 3.95. The van der Waals surface area contributed by atoms with Crippen molar-refractivity contribution in [1.29, 1.82) is 0 Å². The lowest BCUT2D eigenvalue weighted by Crippen LogP contribution is -2.08. The molecule has 0 unspecified atom stereocenters. The molecule has 4 nitrogen and oxygen atoms in total. The van der Waals surface area contributed by atoms with Crippen molar-refractivity contribution in [2.24, 2.45) is 0 Å². The standard InChI is InChI=1S/C18H13ClN2O2S/c1-9-7-11(20-8-9)13-15(22)14-12(10-5-3-2-4-6-10)16(19)24-18(14)21-17(13)23/h2-8,20H,1H3,(H2,21,22,23). The van der Waals surface area contributed by atoms with Gasteiger partial charge in [-0.25, -0.2) is 0 Å². The highest BCUT2D eigenvalue weighted by molar-refractivity contribution is 7.23. The van der Waals surface area contributed by atoms with Crippen molar-refractivity contribution in [3.8, 4) is 28.1 Å². The van der Waals surface area contributed by atoms with Crippen molar-refractivity contribution in [1.82, 2.24) is 9.97 Å². The van der Waals surface area contributed by atoms with Gasteiger partial charge in [-0.15, -0.1) is 11.3 Å². The summed E-state index contributed by atoms with van der Waals surface area (Å²) in [7, 11) is 0. The van der Waals surface area contributed by atoms with Crippen LogP contribution in [0, 0.1) is 6.92 Å². The van der Waals surface area contributed by atoms with Crippen LogP contribution in [0.15, 0.2) is 47.4 Å². The second-order valence-corrected chi connectivity index (χ2v) is 7.21. The smallest absolute Gasteiger partial charge is 0.262 e. The summed E-state index contributed by atoms with van der Waals surface area (Å²) in [4.78, 5) is 18.9. The van der Waals surface area contributed by atoms with Gasteiger partial charge in [-0.1, -0.05) is 41.9 Å². The van der Waals surface area contributed by atoms with Crippen LogP contribution in [-0.4, -0.2) is 15.1 Å². The van der Waals surface area contributed by atoms with E-state index in [1.807, 2.05) is 43.3 Å². The van der Waals surface area contributed by atoms with E-state index in [0.29, 0.717) is 20.2 Å². The summed E-state index contributed by atoms with van der Waals surface area (Å²) in [6.07, 6.45) is 1.79. The molecule has 4 rings (SSSR count). The van der Waals surface area contributed by atoms with Crippen molar-refractivity contribution in [2.75, 3.05) is 0 Å². The number of rotatable bonds is 2. The van der Waals surface area contributed by atoms with Crippen LogP contribution in [0.1, 0.15) is 5.56 Å². The molecule has 0 bridgehead atoms. The Morgan fingerprint density at radius 2 is 1.92 bits per heavy atom. The van der Waals surface area contributed by atoms with Gasteiger partial charge in [0.25, 0.3) is 5.56 Å². The number of pyridine rings is 1. The summed E-state index contributed by atoms with van der Waals surface area (Å²) in [5.41, 5.74) is 3.06. The maximum atomic E-state index is 12.4. The number of fused-ring (bicyclic) bond motifs is 1. The Morgan fingerprint density at radius 1 is 1.17 bits per heavy atom. The number of nitrogens with one attached hydrogen (secondary N) is 2. The number of benzene rings is 1. The lowest BCUT2D eigenvalue weighted by Gasteiger charge is -2.06. The fourth-order valence-corrected chi connectivity index (χ4v) is 4.26. The average molecular weight is 357 g/mol. The molecule has 0 radical (unpaired) electrons. The van der Waals surface area contributed by atoms with E-state index >= 15 is 0 Å². The van der Waals surface area contributed by atoms with Gasteiger partial charge < -0.3 is 15.1 Å². The molecule has 6 heteroatoms. The van der Waals surface area contributed by atoms with Gasteiger partial charge in [-0.2, -0.15) is 0 Å². The van der Waals surface area contributed by atoms with E-state index in [1.54, 1.807) is 6.20 Å². The molecule has 0 aliphatic rings. The normalized spacial score (nSPS) is 11.2. The van der Waals surface area contributed by atoms with Crippen molar-refractivity contribution < 1.29 is 5.11 Å². The fraction of sp³-hybridized carbons (Fsp3) is 0.0556. The van der Waals surface area contributed by atoms with Crippen LogP contribution in [0.25, 0.3) is 32.6 Å². The second-order valence-electron chi connectivity index (χ2n) is 5.59. The number of hydrogen-bond acceptors (Lipinski definition) is 3. The molecule has 0 spiro atoms. The molecule has 4 aromatic rings. The predicted octanol–water partition coefficient (Wildman–Crippen LogP) is 4.92. The Labute approximate surface area is 146 Å². The third-order valence-corrected chi connectivity index (χ3v) is 5.27. The zero-order valence-electron chi connectivity index (χ0n) is 12.7. The van der Waals surface area contributed by atoms with E-state index in [0.717, 1.165) is 16.7 Å². The quantitative estimate of drug-likeness (QED) is 0.477. The van der Waals surface area contributed by atoms with E-state index in [9.17, 15) is 9.90 Å². The molecule has 24 heavy (non-hydrogen) atoms. The fourth-order valence-electron chi connectivity index (χ4n) is 2.88. The molecule has 0 saturated carbocycles. The molecule has 0 amide bonds. The zero-order chi connectivity index (χ0) is 16.8. The van der Waals surface area contributed by atoms with Gasteiger partial charge in [-0.05, 0) is 24.1 Å². The van der Waals surface area contributed by atoms with Crippen LogP contribution in [0.5, 0.6) is 5.75 Å². The monoisotopic (exact) mass is 356 g/mol. The number of hydrogen-bond donors (Lipinski definition) is 3. The van der Waals surface area contributed by atoms with Crippen molar-refractivity contribution in [3.63, 3.8) is 0 Å². The molecular weight excluding hydrogens is 344 g/mol. The Bertz CT molecular complexity index is 1110. The first-order valence-electron chi connectivity index (χ1n) is 7.34. The first-order chi connectivity index (χ1) is 11.6. The second kappa shape index (κ2) is 5.54. The highest BCUT2D eigenvalue weighted by Gasteiger charge is 2.22. The van der Waals surface area contributed by atoms with E-state index < -0.39 is 0 Å². The SMILES string of the molecule is Cc1c[nH]c(-c2c(O)c3c(-c4ccccc4)c(Cl)sc3[nH]c2=O)c1. The summed E-state index contributed by atoms with van der Waals surface area (Å²) >= 11 is 7.66. The highest BCUT2D eigenvalue weighted by Crippen LogP contribution is 2.46. The van der Waals surface area contributed by atoms with E-state index in [-0.39, 0.29) is 16.9 Å². The summed E-state index contributed by atoms with van der Waals surface area (Å²) in [5.74, 6) is -0.0578. The molecule has 120 valence electrons. The molecule has 0 fully saturated rings. The molecule has 0 aliphatic heterocycles. The average Bonchev–Trinajstić information content (AvgIpc) is 3.11. The van der Waals surface area contributed by atoms with E-state index in [2.05, 4.69) is 9.97 Å². The van der Waals surface area contributed by atoms with Crippen LogP contribution in [0.3, 0.4) is 0 Å². The summed E-state index contributed by atoms with van der Waals surface area (Å²) < 4.78 is 0.530. The minimum absolute atomic E-state index is 0.0578. The van der Waals surface area contributed by atoms with Gasteiger partial charge in [0.1, 0.15) is 20.5 Å². The summed E-state index contributed by atoms with van der Waals surface area (Å²) in [6, 6.07) is 11.4. The van der Waals surface area contributed by atoms with Gasteiger partial charge in [-0.3, -0.25) is 4.79 Å². The molecule has 3 heterocycles. The molecule has 3 aromatic heterocycles. The molecule has 1 aromatic carbocycles. The van der Waals surface area contributed by atoms with Crippen molar-refractivity contribution in [3.05, 3.63) is 62.8 Å². The number of H-pyrrole nitrogens is 2. The Kier molecular flexibility index (Phi) is 3.48. The van der Waals surface area contributed by atoms with E-state index in [4.69, 9.17) is 11.6 Å². The van der Waals surface area contributed by atoms with Gasteiger partial charge in [0, 0.05) is 11.8 Å². The number of halogens is 1. The van der Waals surface area contributed by atoms with Crippen LogP contribution >= 0.6 is 22.9 Å². The maximum Gasteiger partial charge on any atom is 0.262 e. The van der Waals surface area contributed by atoms with E-state index in [1.165, 1.54) is 11.3 Å². The Hall–Kier alpha value is -2.50. The van der Waals surface area contributed by atoms with Gasteiger partial charge >= 0.3 is 0 Å². The van der Waals surface area contributed by atoms with Crippen molar-refractivity contribution >= 4 is 33.2 Å². The largest absolute Gasteiger partial charge is 0.506 e. The van der Waals surface area contributed by atoms with Crippen LogP contribution in [-0.2, 0) is 0 Å². The van der Waals surface area contributed by atoms with Gasteiger partial charge in [0.05, 0.1) is 11.1 Å². The molecule has 0 saturated heterocycles. The molecular formula is C18H13ClN2O2S. The van der Waals surface area contributed by atoms with Crippen LogP contribution in [0.4, 0.5) is 0 Å². The Balaban J connectivity index is 2.10. The van der Waals surface area contributed by atoms with Gasteiger partial charge in [0.15, 0.2) is 0 Å². The summed E-state index contributed by atoms with van der Waals surface area (Å²) in [6.45, 7) is 1.92. The highest BCUT2D eigenvalue weighted by atomic mass is 35.5. The first-order valence-corrected chi connectivity index (χ1v) is 8.53. The predicted molar refractivity (Wildman–Crippen MR) is 99.1 cm³/mol.